The second-order valence-corrected chi connectivity index (χ2v) is 11.8. The minimum atomic E-state index is -0.0983. The van der Waals surface area contributed by atoms with Crippen LogP contribution in [0.2, 0.25) is 0 Å². The number of ether oxygens (including phenoxy) is 1. The van der Waals surface area contributed by atoms with Crippen LogP contribution < -0.4 is 4.74 Å². The summed E-state index contributed by atoms with van der Waals surface area (Å²) in [5.41, 5.74) is 6.58. The Hall–Kier alpha value is -4.50. The van der Waals surface area contributed by atoms with Crippen molar-refractivity contribution in [1.29, 1.82) is 0 Å². The summed E-state index contributed by atoms with van der Waals surface area (Å²) in [5.74, 6) is 2.76. The summed E-state index contributed by atoms with van der Waals surface area (Å²) in [6, 6.07) is 25.1. The number of hydrogen-bond donors (Lipinski definition) is 2. The van der Waals surface area contributed by atoms with Crippen molar-refractivity contribution in [2.45, 2.75) is 56.8 Å². The molecule has 42 heavy (non-hydrogen) atoms. The van der Waals surface area contributed by atoms with E-state index in [1.165, 1.54) is 43.2 Å². The molecule has 0 unspecified atom stereocenters. The SMILES string of the molecule is C=CCc1c(O)ccc2c3c(ccc12)Oc1ccc2c(CC=C)c(O)ccc2c1C3c1ccc(C2CCCCC2)cc1. The summed E-state index contributed by atoms with van der Waals surface area (Å²) in [6.07, 6.45) is 11.3. The topological polar surface area (TPSA) is 49.7 Å². The molecule has 0 spiro atoms. The molecule has 1 aliphatic heterocycles. The van der Waals surface area contributed by atoms with Crippen LogP contribution in [0, 0.1) is 0 Å². The zero-order valence-corrected chi connectivity index (χ0v) is 23.9. The fourth-order valence-electron chi connectivity index (χ4n) is 7.40. The zero-order valence-electron chi connectivity index (χ0n) is 23.9. The quantitative estimate of drug-likeness (QED) is 0.202. The van der Waals surface area contributed by atoms with Crippen molar-refractivity contribution in [3.05, 3.63) is 131 Å². The number of hydrogen-bond acceptors (Lipinski definition) is 3. The van der Waals surface area contributed by atoms with Gasteiger partial charge in [0.15, 0.2) is 0 Å². The fraction of sp³-hybridized carbons (Fsp3) is 0.231. The van der Waals surface area contributed by atoms with Gasteiger partial charge in [-0.25, -0.2) is 0 Å². The number of benzene rings is 5. The van der Waals surface area contributed by atoms with Crippen LogP contribution >= 0.6 is 0 Å². The molecule has 0 aromatic heterocycles. The van der Waals surface area contributed by atoms with Gasteiger partial charge in [0.2, 0.25) is 0 Å². The molecular formula is C39H36O3. The van der Waals surface area contributed by atoms with Crippen LogP contribution in [0.3, 0.4) is 0 Å². The van der Waals surface area contributed by atoms with Crippen LogP contribution in [0.5, 0.6) is 23.0 Å². The molecule has 5 aromatic carbocycles. The van der Waals surface area contributed by atoms with Gasteiger partial charge in [-0.3, -0.25) is 0 Å². The number of fused-ring (bicyclic) bond motifs is 6. The van der Waals surface area contributed by atoms with Crippen molar-refractivity contribution >= 4 is 21.5 Å². The van der Waals surface area contributed by atoms with E-state index in [2.05, 4.69) is 49.6 Å². The molecule has 7 rings (SSSR count). The molecule has 3 heteroatoms. The van der Waals surface area contributed by atoms with E-state index in [4.69, 9.17) is 4.74 Å². The minimum absolute atomic E-state index is 0.0983. The molecule has 0 amide bonds. The smallest absolute Gasteiger partial charge is 0.132 e. The number of aromatic hydroxyl groups is 2. The molecule has 1 aliphatic carbocycles. The first kappa shape index (κ1) is 26.4. The van der Waals surface area contributed by atoms with Crippen LogP contribution in [-0.2, 0) is 12.8 Å². The van der Waals surface area contributed by atoms with Gasteiger partial charge in [0.05, 0.1) is 0 Å². The lowest BCUT2D eigenvalue weighted by Crippen LogP contribution is -2.14. The van der Waals surface area contributed by atoms with E-state index < -0.39 is 0 Å². The monoisotopic (exact) mass is 552 g/mol. The first-order valence-electron chi connectivity index (χ1n) is 15.1. The first-order valence-corrected chi connectivity index (χ1v) is 15.1. The van der Waals surface area contributed by atoms with Crippen molar-refractivity contribution in [3.8, 4) is 23.0 Å². The number of allylic oxidation sites excluding steroid dienone is 2. The van der Waals surface area contributed by atoms with Crippen LogP contribution in [0.25, 0.3) is 21.5 Å². The fourth-order valence-corrected chi connectivity index (χ4v) is 7.40. The molecule has 1 heterocycles. The van der Waals surface area contributed by atoms with Gasteiger partial charge in [-0.1, -0.05) is 79.9 Å². The van der Waals surface area contributed by atoms with Gasteiger partial charge in [0, 0.05) is 28.2 Å². The molecule has 0 radical (unpaired) electrons. The highest BCUT2D eigenvalue weighted by Gasteiger charge is 2.33. The van der Waals surface area contributed by atoms with Gasteiger partial charge in [0.1, 0.15) is 23.0 Å². The Morgan fingerprint density at radius 2 is 1.07 bits per heavy atom. The summed E-state index contributed by atoms with van der Waals surface area (Å²) < 4.78 is 6.66. The first-order chi connectivity index (χ1) is 20.6. The minimum Gasteiger partial charge on any atom is -0.508 e. The lowest BCUT2D eigenvalue weighted by molar-refractivity contribution is 0.443. The highest BCUT2D eigenvalue weighted by Crippen LogP contribution is 2.53. The van der Waals surface area contributed by atoms with Crippen LogP contribution in [0.15, 0.2) is 98.1 Å². The third kappa shape index (κ3) is 4.27. The Morgan fingerprint density at radius 3 is 1.57 bits per heavy atom. The second-order valence-electron chi connectivity index (χ2n) is 11.8. The zero-order chi connectivity index (χ0) is 28.8. The van der Waals surface area contributed by atoms with Crippen molar-refractivity contribution in [2.24, 2.45) is 0 Å². The van der Waals surface area contributed by atoms with Crippen LogP contribution in [0.4, 0.5) is 0 Å². The highest BCUT2D eigenvalue weighted by atomic mass is 16.5. The average Bonchev–Trinajstić information content (AvgIpc) is 3.03. The molecule has 0 atom stereocenters. The molecule has 1 saturated carbocycles. The predicted molar refractivity (Wildman–Crippen MR) is 172 cm³/mol. The van der Waals surface area contributed by atoms with Crippen LogP contribution in [-0.4, -0.2) is 10.2 Å². The van der Waals surface area contributed by atoms with Gasteiger partial charge in [-0.05, 0) is 88.5 Å². The summed E-state index contributed by atoms with van der Waals surface area (Å²) in [7, 11) is 0. The van der Waals surface area contributed by atoms with Crippen LogP contribution in [0.1, 0.15) is 77.3 Å². The maximum Gasteiger partial charge on any atom is 0.132 e. The normalized spacial score (nSPS) is 15.2. The predicted octanol–water partition coefficient (Wildman–Crippen LogP) is 10.2. The third-order valence-electron chi connectivity index (χ3n) is 9.42. The molecule has 0 bridgehead atoms. The van der Waals surface area contributed by atoms with Gasteiger partial charge in [-0.15, -0.1) is 13.2 Å². The molecule has 3 nitrogen and oxygen atoms in total. The van der Waals surface area contributed by atoms with E-state index in [0.29, 0.717) is 18.8 Å². The molecule has 0 saturated heterocycles. The molecular weight excluding hydrogens is 516 g/mol. The van der Waals surface area contributed by atoms with E-state index in [9.17, 15) is 10.2 Å². The van der Waals surface area contributed by atoms with Crippen molar-refractivity contribution < 1.29 is 14.9 Å². The highest BCUT2D eigenvalue weighted by molar-refractivity contribution is 5.98. The van der Waals surface area contributed by atoms with E-state index in [0.717, 1.165) is 55.3 Å². The van der Waals surface area contributed by atoms with Gasteiger partial charge >= 0.3 is 0 Å². The largest absolute Gasteiger partial charge is 0.508 e. The lowest BCUT2D eigenvalue weighted by atomic mass is 9.76. The Morgan fingerprint density at radius 1 is 0.595 bits per heavy atom. The summed E-state index contributed by atoms with van der Waals surface area (Å²) in [6.45, 7) is 7.86. The van der Waals surface area contributed by atoms with E-state index in [-0.39, 0.29) is 17.4 Å². The Kier molecular flexibility index (Phi) is 6.74. The maximum atomic E-state index is 10.8. The summed E-state index contributed by atoms with van der Waals surface area (Å²) >= 11 is 0. The number of phenols is 2. The van der Waals surface area contributed by atoms with Gasteiger partial charge in [-0.2, -0.15) is 0 Å². The molecule has 1 fully saturated rings. The van der Waals surface area contributed by atoms with E-state index in [1.807, 2.05) is 36.4 Å². The van der Waals surface area contributed by atoms with Crippen molar-refractivity contribution in [3.63, 3.8) is 0 Å². The summed E-state index contributed by atoms with van der Waals surface area (Å²) in [5, 5.41) is 25.7. The molecule has 2 aliphatic rings. The van der Waals surface area contributed by atoms with Crippen molar-refractivity contribution in [2.75, 3.05) is 0 Å². The second kappa shape index (κ2) is 10.7. The van der Waals surface area contributed by atoms with Gasteiger partial charge in [0.25, 0.3) is 0 Å². The lowest BCUT2D eigenvalue weighted by Gasteiger charge is -2.32. The Balaban J connectivity index is 1.50. The average molecular weight is 553 g/mol. The Labute approximate surface area is 247 Å². The standard InChI is InChI=1S/C39H36O3/c1-3-8-29-27-18-22-35-38(31(27)16-20-33(29)40)37(26-14-12-25(13-15-26)24-10-6-5-7-11-24)39-32-17-21-34(41)30(9-4-2)28(32)19-23-36(39)42-35/h3-4,12-24,37,40-41H,1-2,5-11H2. The number of phenolic OH excluding ortho intramolecular Hbond substituents is 2. The third-order valence-corrected chi connectivity index (χ3v) is 9.42. The maximum absolute atomic E-state index is 10.8. The van der Waals surface area contributed by atoms with Gasteiger partial charge < -0.3 is 14.9 Å². The molecule has 210 valence electrons. The van der Waals surface area contributed by atoms with E-state index in [1.54, 1.807) is 12.1 Å². The number of rotatable bonds is 6. The molecule has 5 aromatic rings. The Bertz CT molecular complexity index is 1740. The molecule has 2 N–H and O–H groups in total. The summed E-state index contributed by atoms with van der Waals surface area (Å²) in [4.78, 5) is 0. The van der Waals surface area contributed by atoms with E-state index >= 15 is 0 Å². The van der Waals surface area contributed by atoms with Crippen molar-refractivity contribution in [1.82, 2.24) is 0 Å².